The average molecular weight is 1870 g/mol. The molecule has 2 saturated heterocycles. The Hall–Kier alpha value is -5.22. The van der Waals surface area contributed by atoms with Crippen LogP contribution >= 0.6 is 0 Å². The summed E-state index contributed by atoms with van der Waals surface area (Å²) in [7, 11) is -10.8. The maximum atomic E-state index is 14.5. The molecule has 0 aliphatic carbocycles. The van der Waals surface area contributed by atoms with Gasteiger partial charge in [-0.25, -0.2) is 28.6 Å². The van der Waals surface area contributed by atoms with Crippen LogP contribution in [0.3, 0.4) is 0 Å². The fourth-order valence-corrected chi connectivity index (χ4v) is 17.9. The Labute approximate surface area is 801 Å². The molecule has 29 heteroatoms. The molecule has 0 saturated carbocycles. The molecular weight excluding hydrogens is 1720 g/mol. The molecule has 2 aliphatic heterocycles. The number of benzene rings is 4. The number of esters is 4. The number of carbonyl (C=O) groups is 6. The van der Waals surface area contributed by atoms with Crippen LogP contribution in [0.4, 0.5) is 0 Å². The van der Waals surface area contributed by atoms with Gasteiger partial charge in [-0.15, -0.1) is 0 Å². The minimum Gasteiger partial charge on any atom is -0.726 e. The Morgan fingerprint density at radius 3 is 0.814 bits per heavy atom. The van der Waals surface area contributed by atoms with E-state index in [2.05, 4.69) is 62.4 Å². The van der Waals surface area contributed by atoms with Crippen LogP contribution in [-0.2, 0) is 122 Å². The van der Waals surface area contributed by atoms with E-state index in [0.717, 1.165) is 205 Å². The monoisotopic (exact) mass is 1870 g/mol. The summed E-state index contributed by atoms with van der Waals surface area (Å²) in [5.41, 5.74) is 5.24. The number of aliphatic hydroxyl groups is 2. The van der Waals surface area contributed by atoms with E-state index in [-0.39, 0.29) is 76.3 Å². The number of rotatable bonds is 74. The van der Waals surface area contributed by atoms with Gasteiger partial charge in [0.05, 0.1) is 26.1 Å². The van der Waals surface area contributed by atoms with E-state index in [9.17, 15) is 64.9 Å². The Morgan fingerprint density at radius 1 is 0.357 bits per heavy atom. The fraction of sp³-hybridized carbons (Fsp3) is 0.700. The predicted octanol–water partition coefficient (Wildman–Crippen LogP) is 19.3. The van der Waals surface area contributed by atoms with E-state index in [4.69, 9.17) is 58.3 Å². The van der Waals surface area contributed by atoms with Gasteiger partial charge in [0, 0.05) is 25.7 Å². The van der Waals surface area contributed by atoms with Gasteiger partial charge < -0.3 is 47.7 Å². The number of nitrogens with two attached hydrogens (primary N) is 2. The molecule has 0 amide bonds. The molecule has 2 aliphatic rings. The van der Waals surface area contributed by atoms with Gasteiger partial charge in [-0.3, -0.25) is 46.8 Å². The van der Waals surface area contributed by atoms with Crippen LogP contribution in [0, 0.1) is 0 Å². The number of unbranched alkanes of at least 4 members (excludes halogenated alkanes) is 38. The van der Waals surface area contributed by atoms with Crippen LogP contribution < -0.4 is 11.8 Å². The summed E-state index contributed by atoms with van der Waals surface area (Å²) in [5, 5.41) is 20.7. The van der Waals surface area contributed by atoms with Crippen molar-refractivity contribution in [2.75, 3.05) is 13.2 Å². The van der Waals surface area contributed by atoms with Crippen LogP contribution in [0.5, 0.6) is 0 Å². The van der Waals surface area contributed by atoms with E-state index >= 15 is 0 Å². The number of carbonyl (C=O) groups excluding carboxylic acids is 6. The maximum absolute atomic E-state index is 14.5. The second-order valence-corrected chi connectivity index (χ2v) is 36.9. The Bertz CT molecular complexity index is 3580. The molecule has 0 bridgehead atoms. The zero-order valence-electron chi connectivity index (χ0n) is 77.7. The smallest absolute Gasteiger partial charge is 0.726 e. The van der Waals surface area contributed by atoms with Gasteiger partial charge in [0.25, 0.3) is 11.6 Å². The average Bonchev–Trinajstić information content (AvgIpc) is 0.766. The fourth-order valence-electron chi connectivity index (χ4n) is 16.9. The summed E-state index contributed by atoms with van der Waals surface area (Å²) in [5.74, 6) is 2.31. The van der Waals surface area contributed by atoms with Gasteiger partial charge in [-0.05, 0) is 125 Å². The first-order chi connectivity index (χ1) is 62.0. The van der Waals surface area contributed by atoms with Crippen molar-refractivity contribution in [1.29, 1.82) is 0 Å². The molecule has 4 unspecified atom stereocenters. The summed E-state index contributed by atoms with van der Waals surface area (Å²) >= 11 is 0. The quantitative estimate of drug-likeness (QED) is 0.00606. The van der Waals surface area contributed by atoms with E-state index < -0.39 is 143 Å². The molecular formula is C100H156CaN2O24S2. The molecule has 4 aromatic rings. The van der Waals surface area contributed by atoms with Gasteiger partial charge in [0.1, 0.15) is 36.6 Å². The predicted molar refractivity (Wildman–Crippen MR) is 496 cm³/mol. The summed E-state index contributed by atoms with van der Waals surface area (Å²) in [6.45, 7) is 2.48. The molecule has 2 fully saturated rings. The van der Waals surface area contributed by atoms with Crippen molar-refractivity contribution in [2.45, 2.75) is 434 Å². The normalized spacial score (nSPS) is 19.1. The third kappa shape index (κ3) is 51.3. The Morgan fingerprint density at radius 2 is 0.581 bits per heavy atom. The topological polar surface area (TPSA) is 402 Å². The molecule has 724 valence electrons. The minimum atomic E-state index is -5.40. The number of aliphatic hydroxyl groups excluding tert-OH is 2. The summed E-state index contributed by atoms with van der Waals surface area (Å²) < 4.78 is 115. The van der Waals surface area contributed by atoms with E-state index in [0.29, 0.717) is 38.5 Å². The van der Waals surface area contributed by atoms with Crippen LogP contribution in [0.25, 0.3) is 0 Å². The Balaban J connectivity index is 0.000000536. The minimum absolute atomic E-state index is 0. The first-order valence-corrected chi connectivity index (χ1v) is 51.3. The van der Waals surface area contributed by atoms with Gasteiger partial charge in [0.15, 0.2) is 12.2 Å². The van der Waals surface area contributed by atoms with E-state index in [1.807, 2.05) is 72.8 Å². The summed E-state index contributed by atoms with van der Waals surface area (Å²) in [6.07, 6.45) is 32.7. The number of Topliss-reactive ketones (excluding diaryl/α,β-unsaturated/α-hetero) is 2. The van der Waals surface area contributed by atoms with E-state index in [1.54, 1.807) is 0 Å². The number of hydrogen-bond donors (Lipinski definition) is 4. The second-order valence-electron chi connectivity index (χ2n) is 34.9. The van der Waals surface area contributed by atoms with Crippen LogP contribution in [0.1, 0.15) is 370 Å². The molecule has 2 heterocycles. The zero-order chi connectivity index (χ0) is 92.6. The van der Waals surface area contributed by atoms with Gasteiger partial charge in [-0.1, -0.05) is 353 Å². The molecule has 0 radical (unpaired) electrons. The molecule has 129 heavy (non-hydrogen) atoms. The third-order valence-corrected chi connectivity index (χ3v) is 25.0. The molecule has 6 rings (SSSR count). The van der Waals surface area contributed by atoms with Crippen molar-refractivity contribution >= 4 is 94.0 Å². The Kier molecular flexibility index (Phi) is 63.4. The number of ketones is 2. The maximum Gasteiger partial charge on any atom is 2.00 e. The largest absolute Gasteiger partial charge is 2.00 e. The van der Waals surface area contributed by atoms with Crippen molar-refractivity contribution in [3.8, 4) is 0 Å². The molecule has 4 aromatic carbocycles. The number of aryl methyl sites for hydroxylation is 4. The third-order valence-electron chi connectivity index (χ3n) is 24.1. The SMILES string of the molecule is CCCCCCCCCCCCC(OC(=O)CCCCCCCCc1ccccc1)C(=O)C1(ON)C[C@H](OC(=O)CCCCCCCCc2ccccc2)[C@H](OS(=O)(=O)[O-])[C@@H](CO)O1.CCCCCCCCCCCCC(OC(=O)CCCCCCCCc1ccccc1)C(=O)C1(ON)C[C@H](OC(=O)CCCCCCCCc2ccccc2)[C@H](OS(=O)(=O)[O-])[C@@H](CO)O1.[Ca+2]. The zero-order valence-corrected chi connectivity index (χ0v) is 81.6. The van der Waals surface area contributed by atoms with Crippen LogP contribution in [0.2, 0.25) is 0 Å². The van der Waals surface area contributed by atoms with Crippen molar-refractivity contribution in [3.05, 3.63) is 144 Å². The first-order valence-electron chi connectivity index (χ1n) is 48.6. The van der Waals surface area contributed by atoms with E-state index in [1.165, 1.54) is 86.5 Å². The van der Waals surface area contributed by atoms with Gasteiger partial charge >= 0.3 is 61.6 Å². The number of ether oxygens (including phenoxy) is 6. The second kappa shape index (κ2) is 70.4. The summed E-state index contributed by atoms with van der Waals surface area (Å²) in [4.78, 5) is 92.4. The van der Waals surface area contributed by atoms with Crippen LogP contribution in [-0.4, -0.2) is 183 Å². The van der Waals surface area contributed by atoms with Crippen molar-refractivity contribution in [1.82, 2.24) is 0 Å². The number of hydrogen-bond acceptors (Lipinski definition) is 26. The molecule has 26 nitrogen and oxygen atoms in total. The summed E-state index contributed by atoms with van der Waals surface area (Å²) in [6, 6.07) is 41.3. The van der Waals surface area contributed by atoms with Crippen molar-refractivity contribution < 1.29 is 111 Å². The molecule has 10 atom stereocenters. The van der Waals surface area contributed by atoms with Crippen LogP contribution in [0.15, 0.2) is 121 Å². The van der Waals surface area contributed by atoms with Crippen molar-refractivity contribution in [3.63, 3.8) is 0 Å². The van der Waals surface area contributed by atoms with Crippen molar-refractivity contribution in [2.24, 2.45) is 11.8 Å². The standard InChI is InChI=1S/2C50H79NO12S.Ca/c2*1-2-3-4-5-6-7-8-9-16-27-36-43(59-46(53)37-28-17-12-10-14-21-30-41-32-23-19-24-33-41)49(55)50(63-51)39-44(48(45(40-52)61-50)62-64(56,57)58)60-47(54)38-29-18-13-11-15-22-31-42-34-25-20-26-35-42;/h2*19-20,23-26,32-35,43-45,48,52H,2-18,21-22,27-31,36-40,51H2,1H3,(H,56,57,58);/q;;+2/p-2/t2*43?,44-,45+,48-,50?;/m00./s1. The van der Waals surface area contributed by atoms with Gasteiger partial charge in [0.2, 0.25) is 32.4 Å². The molecule has 6 N–H and O–H groups in total. The molecule has 0 spiro atoms. The molecule has 0 aromatic heterocycles. The van der Waals surface area contributed by atoms with Gasteiger partial charge in [-0.2, -0.15) is 0 Å². The first kappa shape index (κ1) is 116.